The molecule has 0 saturated heterocycles. The number of urea groups is 1. The number of carbonyl (C=O) groups excluding carboxylic acids is 1. The third kappa shape index (κ3) is 4.86. The van der Waals surface area contributed by atoms with Gasteiger partial charge in [0.15, 0.2) is 0 Å². The number of carboxylic acid groups (broad SMARTS) is 1. The van der Waals surface area contributed by atoms with Crippen molar-refractivity contribution in [1.82, 2.24) is 9.88 Å². The molecule has 0 fully saturated rings. The molecule has 7 heteroatoms. The molecule has 0 spiro atoms. The van der Waals surface area contributed by atoms with E-state index in [1.165, 1.54) is 6.20 Å². The van der Waals surface area contributed by atoms with Crippen LogP contribution in [-0.4, -0.2) is 46.7 Å². The first-order chi connectivity index (χ1) is 9.56. The van der Waals surface area contributed by atoms with E-state index in [-0.39, 0.29) is 6.54 Å². The van der Waals surface area contributed by atoms with E-state index in [0.29, 0.717) is 18.2 Å². The average Bonchev–Trinajstić information content (AvgIpc) is 2.40. The first-order valence-corrected chi connectivity index (χ1v) is 5.86. The number of hydrogen-bond donors (Lipinski definition) is 2. The fraction of sp³-hybridized carbons (Fsp3) is 0.308. The predicted octanol–water partition coefficient (Wildman–Crippen LogP) is 1.03. The molecule has 1 rings (SSSR count). The molecule has 1 heterocycles. The Balaban J connectivity index is 2.67. The molecule has 0 aliphatic rings. The van der Waals surface area contributed by atoms with Crippen LogP contribution in [0, 0.1) is 12.3 Å². The molecule has 0 unspecified atom stereocenters. The van der Waals surface area contributed by atoms with E-state index in [0.717, 1.165) is 4.90 Å². The van der Waals surface area contributed by atoms with Crippen molar-refractivity contribution in [3.8, 4) is 18.2 Å². The van der Waals surface area contributed by atoms with Gasteiger partial charge < -0.3 is 20.1 Å². The number of pyridine rings is 1. The first kappa shape index (κ1) is 15.3. The van der Waals surface area contributed by atoms with Crippen molar-refractivity contribution >= 4 is 17.7 Å². The molecule has 0 aliphatic carbocycles. The van der Waals surface area contributed by atoms with Crippen molar-refractivity contribution in [2.75, 3.05) is 25.0 Å². The molecule has 106 valence electrons. The fourth-order valence-corrected chi connectivity index (χ4v) is 1.36. The molecule has 2 amide bonds. The molecule has 2 N–H and O–H groups in total. The Bertz CT molecular complexity index is 507. The van der Waals surface area contributed by atoms with E-state index in [1.807, 2.05) is 6.92 Å². The van der Waals surface area contributed by atoms with Crippen LogP contribution in [0.1, 0.15) is 6.92 Å². The maximum absolute atomic E-state index is 11.8. The van der Waals surface area contributed by atoms with Gasteiger partial charge in [0.2, 0.25) is 5.88 Å². The Kier molecular flexibility index (Phi) is 5.84. The lowest BCUT2D eigenvalue weighted by molar-refractivity contribution is -0.137. The molecule has 1 aromatic heterocycles. The molecule has 0 radical (unpaired) electrons. The summed E-state index contributed by atoms with van der Waals surface area (Å²) < 4.78 is 5.17. The predicted molar refractivity (Wildman–Crippen MR) is 72.5 cm³/mol. The van der Waals surface area contributed by atoms with Gasteiger partial charge in [-0.05, 0) is 13.0 Å². The highest BCUT2D eigenvalue weighted by molar-refractivity contribution is 5.91. The van der Waals surface area contributed by atoms with Crippen molar-refractivity contribution in [2.45, 2.75) is 6.92 Å². The Morgan fingerprint density at radius 2 is 2.30 bits per heavy atom. The molecular weight excluding hydrogens is 262 g/mol. The summed E-state index contributed by atoms with van der Waals surface area (Å²) in [5.41, 5.74) is 0.422. The van der Waals surface area contributed by atoms with Gasteiger partial charge in [-0.25, -0.2) is 9.78 Å². The second kappa shape index (κ2) is 7.63. The maximum Gasteiger partial charge on any atom is 0.323 e. The van der Waals surface area contributed by atoms with Crippen LogP contribution in [0.3, 0.4) is 0 Å². The molecule has 20 heavy (non-hydrogen) atoms. The zero-order valence-electron chi connectivity index (χ0n) is 11.0. The van der Waals surface area contributed by atoms with Crippen LogP contribution in [0.4, 0.5) is 10.5 Å². The number of carbonyl (C=O) groups is 2. The molecule has 0 saturated carbocycles. The van der Waals surface area contributed by atoms with Crippen molar-refractivity contribution in [2.24, 2.45) is 0 Å². The summed E-state index contributed by atoms with van der Waals surface area (Å²) >= 11 is 0. The Morgan fingerprint density at radius 3 is 2.80 bits per heavy atom. The lowest BCUT2D eigenvalue weighted by Gasteiger charge is -2.18. The van der Waals surface area contributed by atoms with Crippen molar-refractivity contribution in [3.05, 3.63) is 18.3 Å². The van der Waals surface area contributed by atoms with Crippen LogP contribution in [0.25, 0.3) is 0 Å². The van der Waals surface area contributed by atoms with Crippen LogP contribution >= 0.6 is 0 Å². The Labute approximate surface area is 116 Å². The number of rotatable bonds is 6. The van der Waals surface area contributed by atoms with Crippen molar-refractivity contribution < 1.29 is 19.4 Å². The number of aliphatic carboxylic acids is 1. The number of nitrogens with zero attached hydrogens (tertiary/aromatic N) is 2. The van der Waals surface area contributed by atoms with Crippen LogP contribution in [0.2, 0.25) is 0 Å². The van der Waals surface area contributed by atoms with Gasteiger partial charge in [0.1, 0.15) is 6.54 Å². The summed E-state index contributed by atoms with van der Waals surface area (Å²) in [6.07, 6.45) is 6.51. The van der Waals surface area contributed by atoms with Gasteiger partial charge in [0, 0.05) is 6.07 Å². The lowest BCUT2D eigenvalue weighted by atomic mass is 10.4. The van der Waals surface area contributed by atoms with Crippen LogP contribution in [-0.2, 0) is 4.79 Å². The minimum absolute atomic E-state index is 0.0947. The van der Waals surface area contributed by atoms with E-state index < -0.39 is 18.5 Å². The summed E-state index contributed by atoms with van der Waals surface area (Å²) in [6, 6.07) is 2.60. The number of aromatic nitrogens is 1. The zero-order valence-corrected chi connectivity index (χ0v) is 11.0. The smallest absolute Gasteiger partial charge is 0.323 e. The number of nitrogens with one attached hydrogen (secondary N) is 1. The van der Waals surface area contributed by atoms with E-state index in [1.54, 1.807) is 12.1 Å². The molecule has 0 aromatic carbocycles. The van der Waals surface area contributed by atoms with Crippen LogP contribution in [0.5, 0.6) is 5.88 Å². The summed E-state index contributed by atoms with van der Waals surface area (Å²) in [4.78, 5) is 27.5. The number of amides is 2. The normalized spacial score (nSPS) is 9.40. The molecule has 0 atom stereocenters. The minimum Gasteiger partial charge on any atom is -0.480 e. The highest BCUT2D eigenvalue weighted by atomic mass is 16.5. The Hall–Kier alpha value is -2.75. The second-order valence-electron chi connectivity index (χ2n) is 3.70. The topological polar surface area (TPSA) is 91.8 Å². The van der Waals surface area contributed by atoms with Crippen molar-refractivity contribution in [1.29, 1.82) is 0 Å². The molecule has 7 nitrogen and oxygen atoms in total. The monoisotopic (exact) mass is 277 g/mol. The number of terminal acetylenes is 1. The fourth-order valence-electron chi connectivity index (χ4n) is 1.36. The second-order valence-corrected chi connectivity index (χ2v) is 3.70. The van der Waals surface area contributed by atoms with Crippen molar-refractivity contribution in [3.63, 3.8) is 0 Å². The van der Waals surface area contributed by atoms with E-state index in [4.69, 9.17) is 16.3 Å². The zero-order chi connectivity index (χ0) is 15.0. The highest BCUT2D eigenvalue weighted by Crippen LogP contribution is 2.12. The van der Waals surface area contributed by atoms with Gasteiger partial charge in [0.25, 0.3) is 0 Å². The molecule has 1 aromatic rings. The van der Waals surface area contributed by atoms with Crippen LogP contribution < -0.4 is 10.1 Å². The third-order valence-electron chi connectivity index (χ3n) is 2.18. The number of hydrogen-bond acceptors (Lipinski definition) is 4. The quantitative estimate of drug-likeness (QED) is 0.758. The molecule has 0 bridgehead atoms. The summed E-state index contributed by atoms with van der Waals surface area (Å²) in [7, 11) is 0. The lowest BCUT2D eigenvalue weighted by Crippen LogP contribution is -2.39. The van der Waals surface area contributed by atoms with Gasteiger partial charge in [-0.2, -0.15) is 0 Å². The standard InChI is InChI=1S/C13H15N3O4/c1-3-7-16(9-12(17)18)13(19)15-10-5-6-11(14-8-10)20-4-2/h1,5-6,8H,4,7,9H2,2H3,(H,15,19)(H,17,18). The Morgan fingerprint density at radius 1 is 1.55 bits per heavy atom. The molecule has 0 aliphatic heterocycles. The molecular formula is C13H15N3O4. The van der Waals surface area contributed by atoms with Gasteiger partial charge >= 0.3 is 12.0 Å². The summed E-state index contributed by atoms with van der Waals surface area (Å²) in [5, 5.41) is 11.2. The van der Waals surface area contributed by atoms with Gasteiger partial charge in [0.05, 0.1) is 25.0 Å². The van der Waals surface area contributed by atoms with Gasteiger partial charge in [-0.3, -0.25) is 4.79 Å². The number of ether oxygens (including phenoxy) is 1. The number of carboxylic acids is 1. The van der Waals surface area contributed by atoms with E-state index in [9.17, 15) is 9.59 Å². The highest BCUT2D eigenvalue weighted by Gasteiger charge is 2.15. The van der Waals surface area contributed by atoms with Crippen LogP contribution in [0.15, 0.2) is 18.3 Å². The summed E-state index contributed by atoms with van der Waals surface area (Å²) in [5.74, 6) is 1.53. The van der Waals surface area contributed by atoms with E-state index in [2.05, 4.69) is 16.2 Å². The summed E-state index contributed by atoms with van der Waals surface area (Å²) in [6.45, 7) is 1.76. The van der Waals surface area contributed by atoms with Gasteiger partial charge in [-0.15, -0.1) is 6.42 Å². The average molecular weight is 277 g/mol. The SMILES string of the molecule is C#CCN(CC(=O)O)C(=O)Nc1ccc(OCC)nc1. The number of anilines is 1. The maximum atomic E-state index is 11.8. The first-order valence-electron chi connectivity index (χ1n) is 5.86. The third-order valence-corrected chi connectivity index (χ3v) is 2.18. The van der Waals surface area contributed by atoms with Gasteiger partial charge in [-0.1, -0.05) is 5.92 Å². The minimum atomic E-state index is -1.14. The van der Waals surface area contributed by atoms with E-state index >= 15 is 0 Å². The largest absolute Gasteiger partial charge is 0.480 e.